The number of rotatable bonds is 11. The molecular formula is C25H30O11. The lowest BCUT2D eigenvalue weighted by Crippen LogP contribution is -2.65. The number of hydrogen-bond donors (Lipinski definition) is 4. The molecule has 2 fully saturated rings. The highest BCUT2D eigenvalue weighted by Crippen LogP contribution is 2.53. The van der Waals surface area contributed by atoms with Gasteiger partial charge in [0.2, 0.25) is 5.60 Å². The van der Waals surface area contributed by atoms with Gasteiger partial charge in [-0.3, -0.25) is 9.59 Å². The summed E-state index contributed by atoms with van der Waals surface area (Å²) >= 11 is 0. The van der Waals surface area contributed by atoms with E-state index in [-0.39, 0.29) is 18.8 Å². The maximum Gasteiger partial charge on any atom is 0.339 e. The molecule has 2 aliphatic rings. The van der Waals surface area contributed by atoms with Gasteiger partial charge in [0.1, 0.15) is 18.1 Å². The summed E-state index contributed by atoms with van der Waals surface area (Å²) in [6.45, 7) is 7.17. The molecule has 0 spiro atoms. The number of aliphatic hydroxyl groups is 1. The summed E-state index contributed by atoms with van der Waals surface area (Å²) in [5, 5.41) is 39.6. The van der Waals surface area contributed by atoms with E-state index in [1.54, 1.807) is 0 Å². The molecule has 2 heterocycles. The van der Waals surface area contributed by atoms with Crippen LogP contribution in [-0.4, -0.2) is 74.0 Å². The second-order valence-electron chi connectivity index (χ2n) is 9.38. The van der Waals surface area contributed by atoms with Crippen molar-refractivity contribution in [3.05, 3.63) is 48.0 Å². The van der Waals surface area contributed by atoms with E-state index in [4.69, 9.17) is 14.2 Å². The number of carboxylic acids is 3. The summed E-state index contributed by atoms with van der Waals surface area (Å²) in [4.78, 5) is 47.6. The van der Waals surface area contributed by atoms with E-state index in [0.29, 0.717) is 12.0 Å². The number of aliphatic hydroxyl groups excluding tert-OH is 1. The molecule has 7 atom stereocenters. The van der Waals surface area contributed by atoms with Crippen LogP contribution in [0.3, 0.4) is 0 Å². The number of fused-ring (bicyclic) bond motifs is 2. The normalized spacial score (nSPS) is 30.7. The standard InChI is InChI=1S/C25H30O11/c1-13(19(34-15(3)26)14(2)11-16-7-5-4-6-8-16)9-10-24-12-17(27)25(36-24,23(32)33)18(21(28)29)20(35-24)22(30)31/h4-8,14,17-20,27H,1,9-12H2,2-3H3,(H,28,29)(H,30,31)(H,32,33). The SMILES string of the molecule is C=C(CCC12CC(O)C(C(=O)O)(O1)C(C(=O)O)C(C(=O)O)O2)C(OC(C)=O)C(C)Cc1ccccc1. The van der Waals surface area contributed by atoms with Gasteiger partial charge in [-0.2, -0.15) is 0 Å². The second kappa shape index (κ2) is 10.4. The number of carbonyl (C=O) groups is 4. The molecule has 4 N–H and O–H groups in total. The van der Waals surface area contributed by atoms with E-state index in [9.17, 15) is 39.6 Å². The van der Waals surface area contributed by atoms with E-state index in [1.165, 1.54) is 6.92 Å². The van der Waals surface area contributed by atoms with Crippen LogP contribution in [0.1, 0.15) is 38.7 Å². The summed E-state index contributed by atoms with van der Waals surface area (Å²) in [7, 11) is 0. The maximum atomic E-state index is 12.1. The largest absolute Gasteiger partial charge is 0.481 e. The predicted octanol–water partition coefficient (Wildman–Crippen LogP) is 1.62. The van der Waals surface area contributed by atoms with E-state index >= 15 is 0 Å². The van der Waals surface area contributed by atoms with E-state index in [1.807, 2.05) is 37.3 Å². The highest BCUT2D eigenvalue weighted by Gasteiger charge is 2.73. The Hall–Kier alpha value is -3.28. The van der Waals surface area contributed by atoms with Crippen molar-refractivity contribution in [2.24, 2.45) is 11.8 Å². The fraction of sp³-hybridized carbons (Fsp3) is 0.520. The van der Waals surface area contributed by atoms with Gasteiger partial charge in [-0.1, -0.05) is 43.8 Å². The Balaban J connectivity index is 1.83. The van der Waals surface area contributed by atoms with Gasteiger partial charge in [0.25, 0.3) is 0 Å². The molecule has 2 aliphatic heterocycles. The minimum Gasteiger partial charge on any atom is -0.481 e. The van der Waals surface area contributed by atoms with Gasteiger partial charge < -0.3 is 34.6 Å². The summed E-state index contributed by atoms with van der Waals surface area (Å²) in [6.07, 6.45) is -4.61. The molecule has 196 valence electrons. The van der Waals surface area contributed by atoms with Crippen molar-refractivity contribution in [2.45, 2.75) is 69.2 Å². The number of carboxylic acid groups (broad SMARTS) is 3. The molecule has 0 aromatic heterocycles. The van der Waals surface area contributed by atoms with Gasteiger partial charge in [0, 0.05) is 25.7 Å². The summed E-state index contributed by atoms with van der Waals surface area (Å²) in [5.41, 5.74) is -1.24. The van der Waals surface area contributed by atoms with Gasteiger partial charge in [-0.25, -0.2) is 9.59 Å². The molecule has 0 aliphatic carbocycles. The quantitative estimate of drug-likeness (QED) is 0.253. The summed E-state index contributed by atoms with van der Waals surface area (Å²) in [6, 6.07) is 9.52. The zero-order valence-corrected chi connectivity index (χ0v) is 20.0. The van der Waals surface area contributed by atoms with Crippen molar-refractivity contribution in [2.75, 3.05) is 0 Å². The van der Waals surface area contributed by atoms with E-state index in [0.717, 1.165) is 5.56 Å². The molecular weight excluding hydrogens is 476 g/mol. The maximum absolute atomic E-state index is 12.1. The van der Waals surface area contributed by atoms with Crippen LogP contribution in [0.4, 0.5) is 0 Å². The molecule has 36 heavy (non-hydrogen) atoms. The zero-order valence-electron chi connectivity index (χ0n) is 20.0. The molecule has 1 aromatic carbocycles. The Kier molecular flexibility index (Phi) is 7.87. The van der Waals surface area contributed by atoms with Gasteiger partial charge >= 0.3 is 23.9 Å². The molecule has 11 heteroatoms. The summed E-state index contributed by atoms with van der Waals surface area (Å²) in [5.74, 6) is -10.1. The Morgan fingerprint density at radius 3 is 2.31 bits per heavy atom. The fourth-order valence-electron chi connectivity index (χ4n) is 5.13. The molecule has 0 radical (unpaired) electrons. The first-order chi connectivity index (χ1) is 16.8. The van der Waals surface area contributed by atoms with Crippen LogP contribution >= 0.6 is 0 Å². The van der Waals surface area contributed by atoms with Crippen LogP contribution in [0.25, 0.3) is 0 Å². The third-order valence-corrected chi connectivity index (χ3v) is 6.74. The Labute approximate surface area is 207 Å². The molecule has 0 amide bonds. The minimum absolute atomic E-state index is 0.0591. The number of benzene rings is 1. The predicted molar refractivity (Wildman–Crippen MR) is 122 cm³/mol. The number of esters is 1. The number of ether oxygens (including phenoxy) is 3. The molecule has 2 bridgehead atoms. The highest BCUT2D eigenvalue weighted by atomic mass is 16.7. The first-order valence-corrected chi connectivity index (χ1v) is 11.5. The third-order valence-electron chi connectivity index (χ3n) is 6.74. The lowest BCUT2D eigenvalue weighted by Gasteiger charge is -2.44. The van der Waals surface area contributed by atoms with Crippen molar-refractivity contribution < 1.29 is 53.8 Å². The summed E-state index contributed by atoms with van der Waals surface area (Å²) < 4.78 is 16.7. The molecule has 11 nitrogen and oxygen atoms in total. The van der Waals surface area contributed by atoms with E-state index < -0.39 is 65.9 Å². The average molecular weight is 507 g/mol. The van der Waals surface area contributed by atoms with Crippen molar-refractivity contribution in [3.63, 3.8) is 0 Å². The van der Waals surface area contributed by atoms with Gasteiger partial charge in [-0.15, -0.1) is 0 Å². The van der Waals surface area contributed by atoms with Crippen LogP contribution in [-0.2, 0) is 39.8 Å². The number of hydrogen-bond acceptors (Lipinski definition) is 8. The van der Waals surface area contributed by atoms with Gasteiger partial charge in [0.15, 0.2) is 11.9 Å². The van der Waals surface area contributed by atoms with Crippen LogP contribution in [0, 0.1) is 11.8 Å². The Morgan fingerprint density at radius 2 is 1.78 bits per heavy atom. The third kappa shape index (κ3) is 5.13. The van der Waals surface area contributed by atoms with Crippen LogP contribution < -0.4 is 0 Å². The van der Waals surface area contributed by atoms with E-state index in [2.05, 4.69) is 6.58 Å². The lowest BCUT2D eigenvalue weighted by molar-refractivity contribution is -0.330. The molecule has 3 rings (SSSR count). The van der Waals surface area contributed by atoms with Crippen molar-refractivity contribution in [3.8, 4) is 0 Å². The van der Waals surface area contributed by atoms with Gasteiger partial charge in [0.05, 0.1) is 0 Å². The number of carbonyl (C=O) groups excluding carboxylic acids is 1. The van der Waals surface area contributed by atoms with Crippen LogP contribution in [0.2, 0.25) is 0 Å². The van der Waals surface area contributed by atoms with Gasteiger partial charge in [-0.05, 0) is 24.0 Å². The lowest BCUT2D eigenvalue weighted by atomic mass is 9.79. The van der Waals surface area contributed by atoms with Crippen LogP contribution in [0.15, 0.2) is 42.5 Å². The first kappa shape index (κ1) is 27.3. The second-order valence-corrected chi connectivity index (χ2v) is 9.38. The Bertz CT molecular complexity index is 1040. The molecule has 1 aromatic rings. The van der Waals surface area contributed by atoms with Crippen molar-refractivity contribution in [1.29, 1.82) is 0 Å². The molecule has 0 saturated carbocycles. The van der Waals surface area contributed by atoms with Crippen LogP contribution in [0.5, 0.6) is 0 Å². The smallest absolute Gasteiger partial charge is 0.339 e. The Morgan fingerprint density at radius 1 is 1.14 bits per heavy atom. The van der Waals surface area contributed by atoms with Crippen molar-refractivity contribution in [1.82, 2.24) is 0 Å². The topological polar surface area (TPSA) is 177 Å². The number of aliphatic carboxylic acids is 3. The molecule has 7 unspecified atom stereocenters. The zero-order chi connectivity index (χ0) is 26.8. The monoisotopic (exact) mass is 506 g/mol. The minimum atomic E-state index is -2.70. The van der Waals surface area contributed by atoms with Crippen molar-refractivity contribution >= 4 is 23.9 Å². The fourth-order valence-corrected chi connectivity index (χ4v) is 5.13. The first-order valence-electron chi connectivity index (χ1n) is 11.5. The highest BCUT2D eigenvalue weighted by molar-refractivity contribution is 5.92. The molecule has 2 saturated heterocycles. The average Bonchev–Trinajstić information content (AvgIpc) is 3.03.